The fourth-order valence-electron chi connectivity index (χ4n) is 6.50. The standard InChI is InChI=1S/C38H43N5O3/c1-23(2)31-17-27(19-39)18-33-36(31)46-38(42-33)29-9-7-28(8-10-29)37(44)41-20-26-14-15-43(22-26)35-13-11-30(21-40-35)32-16-25(5)6-12-34(32)45-24(3)4/h7-11,13,16-18,23-24,26,30H,6,12,14-15,20-22H2,1-5H3,(H,41,44)/t26-,30?/m1/s1. The first-order valence-electron chi connectivity index (χ1n) is 16.5. The molecule has 3 aromatic rings. The second-order valence-electron chi connectivity index (χ2n) is 13.3. The van der Waals surface area contributed by atoms with Crippen LogP contribution >= 0.6 is 0 Å². The zero-order chi connectivity index (χ0) is 32.4. The molecule has 0 saturated carbocycles. The molecule has 1 fully saturated rings. The molecule has 1 unspecified atom stereocenters. The van der Waals surface area contributed by atoms with Gasteiger partial charge in [0.05, 0.1) is 24.3 Å². The third-order valence-corrected chi connectivity index (χ3v) is 9.00. The van der Waals surface area contributed by atoms with E-state index in [0.29, 0.717) is 40.6 Å². The van der Waals surface area contributed by atoms with E-state index >= 15 is 0 Å². The van der Waals surface area contributed by atoms with E-state index in [-0.39, 0.29) is 23.8 Å². The number of rotatable bonds is 8. The number of oxazole rings is 1. The minimum Gasteiger partial charge on any atom is -0.495 e. The Kier molecular flexibility index (Phi) is 9.12. The molecule has 1 N–H and O–H groups in total. The number of aromatic nitrogens is 1. The van der Waals surface area contributed by atoms with Crippen molar-refractivity contribution in [2.24, 2.45) is 16.8 Å². The lowest BCUT2D eigenvalue weighted by molar-refractivity contribution is 0.0947. The van der Waals surface area contributed by atoms with Gasteiger partial charge in [-0.25, -0.2) is 4.98 Å². The van der Waals surface area contributed by atoms with E-state index in [2.05, 4.69) is 74.1 Å². The molecule has 1 amide bonds. The van der Waals surface area contributed by atoms with Crippen LogP contribution in [0.15, 0.2) is 80.9 Å². The van der Waals surface area contributed by atoms with Crippen LogP contribution < -0.4 is 5.32 Å². The predicted octanol–water partition coefficient (Wildman–Crippen LogP) is 7.55. The molecule has 0 radical (unpaired) electrons. The van der Waals surface area contributed by atoms with Crippen LogP contribution in [-0.4, -0.2) is 53.9 Å². The lowest BCUT2D eigenvalue weighted by Gasteiger charge is -2.28. The highest BCUT2D eigenvalue weighted by Gasteiger charge is 2.28. The molecule has 3 heterocycles. The average molecular weight is 618 g/mol. The molecule has 3 aliphatic rings. The van der Waals surface area contributed by atoms with Gasteiger partial charge in [0.25, 0.3) is 5.91 Å². The number of hydrogen-bond acceptors (Lipinski definition) is 7. The molecule has 0 spiro atoms. The van der Waals surface area contributed by atoms with Crippen molar-refractivity contribution in [2.45, 2.75) is 65.9 Å². The molecule has 1 aliphatic carbocycles. The van der Waals surface area contributed by atoms with Gasteiger partial charge in [0.2, 0.25) is 5.89 Å². The summed E-state index contributed by atoms with van der Waals surface area (Å²) in [4.78, 5) is 25.0. The van der Waals surface area contributed by atoms with Crippen molar-refractivity contribution in [3.05, 3.63) is 88.2 Å². The number of nitrogens with one attached hydrogen (secondary N) is 1. The first kappa shape index (κ1) is 31.3. The molecule has 2 aromatic carbocycles. The second kappa shape index (κ2) is 13.4. The maximum Gasteiger partial charge on any atom is 0.251 e. The van der Waals surface area contributed by atoms with Crippen molar-refractivity contribution in [1.82, 2.24) is 15.2 Å². The van der Waals surface area contributed by atoms with Crippen LogP contribution in [-0.2, 0) is 4.74 Å². The number of fused-ring (bicyclic) bond motifs is 1. The summed E-state index contributed by atoms with van der Waals surface area (Å²) in [6.45, 7) is 13.7. The van der Waals surface area contributed by atoms with Gasteiger partial charge in [0, 0.05) is 48.7 Å². The number of amides is 1. The number of nitrogens with zero attached hydrogens (tertiary/aromatic N) is 4. The smallest absolute Gasteiger partial charge is 0.251 e. The van der Waals surface area contributed by atoms with E-state index < -0.39 is 0 Å². The highest BCUT2D eigenvalue weighted by Crippen LogP contribution is 2.33. The summed E-state index contributed by atoms with van der Waals surface area (Å²) in [6, 6.07) is 13.1. The number of nitriles is 1. The van der Waals surface area contributed by atoms with Gasteiger partial charge >= 0.3 is 0 Å². The van der Waals surface area contributed by atoms with E-state index in [9.17, 15) is 10.1 Å². The van der Waals surface area contributed by atoms with Gasteiger partial charge in [0.1, 0.15) is 17.1 Å². The zero-order valence-electron chi connectivity index (χ0n) is 27.5. The number of dihydropyridines is 1. The monoisotopic (exact) mass is 617 g/mol. The van der Waals surface area contributed by atoms with E-state index in [1.807, 2.05) is 18.2 Å². The molecular formula is C38H43N5O3. The molecule has 8 heteroatoms. The van der Waals surface area contributed by atoms with Crippen molar-refractivity contribution in [2.75, 3.05) is 26.2 Å². The quantitative estimate of drug-likeness (QED) is 0.280. The largest absolute Gasteiger partial charge is 0.495 e. The van der Waals surface area contributed by atoms with Crippen molar-refractivity contribution in [3.63, 3.8) is 0 Å². The van der Waals surface area contributed by atoms with Crippen LogP contribution in [0, 0.1) is 23.2 Å². The maximum atomic E-state index is 13.0. The minimum absolute atomic E-state index is 0.0930. The highest BCUT2D eigenvalue weighted by molar-refractivity contribution is 5.95. The summed E-state index contributed by atoms with van der Waals surface area (Å²) in [5.74, 6) is 3.33. The van der Waals surface area contributed by atoms with Gasteiger partial charge in [-0.15, -0.1) is 0 Å². The maximum absolute atomic E-state index is 13.0. The number of likely N-dealkylation sites (tertiary alicyclic amines) is 1. The molecule has 8 nitrogen and oxygen atoms in total. The van der Waals surface area contributed by atoms with Crippen LogP contribution in [0.1, 0.15) is 81.3 Å². The van der Waals surface area contributed by atoms with Crippen LogP contribution in [0.25, 0.3) is 22.6 Å². The Morgan fingerprint density at radius 2 is 1.98 bits per heavy atom. The Hall–Kier alpha value is -4.64. The molecule has 2 aliphatic heterocycles. The van der Waals surface area contributed by atoms with Crippen LogP contribution in [0.5, 0.6) is 0 Å². The van der Waals surface area contributed by atoms with Gasteiger partial charge < -0.3 is 19.4 Å². The third kappa shape index (κ3) is 6.79. The lowest BCUT2D eigenvalue weighted by atomic mass is 9.88. The Balaban J connectivity index is 1.03. The van der Waals surface area contributed by atoms with Crippen LogP contribution in [0.3, 0.4) is 0 Å². The third-order valence-electron chi connectivity index (χ3n) is 9.00. The number of allylic oxidation sites excluding steroid dienone is 3. The number of ether oxygens (including phenoxy) is 1. The first-order valence-corrected chi connectivity index (χ1v) is 16.5. The van der Waals surface area contributed by atoms with Gasteiger partial charge in [-0.05, 0) is 93.5 Å². The SMILES string of the molecule is CC1=CC(C2C=CC(N3CC[C@H](CNC(=O)c4ccc(-c5nc6cc(C#N)cc(C(C)C)c6o5)cc4)C3)=NC2)=C(OC(C)C)CC1. The van der Waals surface area contributed by atoms with Crippen molar-refractivity contribution in [3.8, 4) is 17.5 Å². The van der Waals surface area contributed by atoms with Gasteiger partial charge in [-0.3, -0.25) is 9.79 Å². The number of carbonyl (C=O) groups is 1. The van der Waals surface area contributed by atoms with Gasteiger partial charge in [0.15, 0.2) is 5.58 Å². The minimum atomic E-state index is -0.0930. The molecule has 1 aromatic heterocycles. The fourth-order valence-corrected chi connectivity index (χ4v) is 6.50. The number of hydrogen-bond donors (Lipinski definition) is 1. The normalized spacial score (nSPS) is 19.9. The fraction of sp³-hybridized carbons (Fsp3) is 0.421. The molecule has 1 saturated heterocycles. The number of aliphatic imine (C=N–C) groups is 1. The van der Waals surface area contributed by atoms with E-state index in [4.69, 9.17) is 14.1 Å². The molecule has 46 heavy (non-hydrogen) atoms. The van der Waals surface area contributed by atoms with Gasteiger partial charge in [-0.2, -0.15) is 5.26 Å². The molecule has 238 valence electrons. The van der Waals surface area contributed by atoms with Crippen molar-refractivity contribution in [1.29, 1.82) is 5.26 Å². The summed E-state index contributed by atoms with van der Waals surface area (Å²) in [5.41, 5.74) is 6.94. The topological polar surface area (TPSA) is 104 Å². The van der Waals surface area contributed by atoms with Crippen molar-refractivity contribution >= 4 is 22.8 Å². The van der Waals surface area contributed by atoms with Crippen LogP contribution in [0.4, 0.5) is 0 Å². The van der Waals surface area contributed by atoms with E-state index in [0.717, 1.165) is 61.6 Å². The van der Waals surface area contributed by atoms with E-state index in [1.165, 1.54) is 11.1 Å². The summed E-state index contributed by atoms with van der Waals surface area (Å²) in [7, 11) is 0. The number of amidine groups is 1. The Morgan fingerprint density at radius 3 is 2.67 bits per heavy atom. The Morgan fingerprint density at radius 1 is 1.17 bits per heavy atom. The summed E-state index contributed by atoms with van der Waals surface area (Å²) >= 11 is 0. The highest BCUT2D eigenvalue weighted by atomic mass is 16.5. The second-order valence-corrected chi connectivity index (χ2v) is 13.3. The van der Waals surface area contributed by atoms with Crippen molar-refractivity contribution < 1.29 is 13.9 Å². The first-order chi connectivity index (χ1) is 22.2. The Labute approximate surface area is 271 Å². The summed E-state index contributed by atoms with van der Waals surface area (Å²) in [6.07, 6.45) is 9.94. The number of benzene rings is 2. The molecular weight excluding hydrogens is 574 g/mol. The van der Waals surface area contributed by atoms with Crippen LogP contribution in [0.2, 0.25) is 0 Å². The molecule has 6 rings (SSSR count). The average Bonchev–Trinajstić information content (AvgIpc) is 3.71. The van der Waals surface area contributed by atoms with E-state index in [1.54, 1.807) is 18.2 Å². The Bertz CT molecular complexity index is 1780. The molecule has 2 atom stereocenters. The molecule has 0 bridgehead atoms. The van der Waals surface area contributed by atoms with Gasteiger partial charge in [-0.1, -0.05) is 31.6 Å². The predicted molar refractivity (Wildman–Crippen MR) is 181 cm³/mol. The summed E-state index contributed by atoms with van der Waals surface area (Å²) in [5, 5.41) is 12.5. The zero-order valence-corrected chi connectivity index (χ0v) is 27.5. The lowest BCUT2D eigenvalue weighted by Crippen LogP contribution is -2.33. The number of carbonyl (C=O) groups excluding carboxylic acids is 1. The summed E-state index contributed by atoms with van der Waals surface area (Å²) < 4.78 is 12.3.